The van der Waals surface area contributed by atoms with Crippen LogP contribution in [0.4, 0.5) is 17.1 Å². The summed E-state index contributed by atoms with van der Waals surface area (Å²) in [5.74, 6) is 0. The molecule has 0 aliphatic heterocycles. The summed E-state index contributed by atoms with van der Waals surface area (Å²) in [5.41, 5.74) is 0.281. The van der Waals surface area contributed by atoms with Gasteiger partial charge in [-0.05, 0) is 82.2 Å². The van der Waals surface area contributed by atoms with Crippen LogP contribution in [-0.4, -0.2) is 23.2 Å². The van der Waals surface area contributed by atoms with Crippen LogP contribution in [0, 0.1) is 0 Å². The third kappa shape index (κ3) is 5.51. The van der Waals surface area contributed by atoms with Crippen LogP contribution in [0.2, 0.25) is 10.0 Å². The summed E-state index contributed by atoms with van der Waals surface area (Å²) in [7, 11) is -9.47. The minimum Gasteiger partial charge on any atom is -0.283 e. The van der Waals surface area contributed by atoms with Gasteiger partial charge in [-0.3, -0.25) is 9.69 Å². The van der Waals surface area contributed by atoms with Gasteiger partial charge in [-0.25, -0.2) is 16.8 Å². The van der Waals surface area contributed by atoms with Gasteiger partial charge in [-0.2, -0.15) is 3.71 Å². The molecule has 0 fully saturated rings. The van der Waals surface area contributed by atoms with Crippen molar-refractivity contribution in [3.05, 3.63) is 137 Å². The average molecular weight is 662 g/mol. The molecular formula is C33H22Cl2N2O5S2. The van der Waals surface area contributed by atoms with Crippen LogP contribution in [0.15, 0.2) is 137 Å². The molecule has 6 rings (SSSR count). The Bertz CT molecular complexity index is 2160. The summed E-state index contributed by atoms with van der Waals surface area (Å²) in [4.78, 5) is 13.0. The molecule has 6 aromatic rings. The number of nitrogens with zero attached hydrogens (tertiary/aromatic N) is 2. The highest BCUT2D eigenvalue weighted by Crippen LogP contribution is 2.37. The van der Waals surface area contributed by atoms with Crippen molar-refractivity contribution in [2.45, 2.75) is 9.79 Å². The second-order valence-corrected chi connectivity index (χ2v) is 14.5. The third-order valence-corrected chi connectivity index (χ3v) is 11.6. The van der Waals surface area contributed by atoms with Gasteiger partial charge in [0.2, 0.25) is 6.41 Å². The van der Waals surface area contributed by atoms with Crippen LogP contribution in [0.1, 0.15) is 0 Å². The zero-order valence-electron chi connectivity index (χ0n) is 22.7. The van der Waals surface area contributed by atoms with Crippen LogP contribution in [-0.2, 0) is 24.8 Å². The smallest absolute Gasteiger partial charge is 0.277 e. The van der Waals surface area contributed by atoms with Gasteiger partial charge in [0.15, 0.2) is 0 Å². The Labute approximate surface area is 264 Å². The van der Waals surface area contributed by atoms with E-state index in [2.05, 4.69) is 0 Å². The molecular weight excluding hydrogens is 639 g/mol. The standard InChI is InChI=1S/C33H22Cl2N2O5S2/c34-27-18-28(35)20-31(19-27)36(22-38)29-10-5-11-30(21-29)37(43(39,40)32-14-12-23-6-1-3-8-25(23)16-32)44(41,42)33-15-13-24-7-2-4-9-26(24)17-33/h1-22H. The fourth-order valence-electron chi connectivity index (χ4n) is 4.96. The molecule has 0 saturated heterocycles. The van der Waals surface area contributed by atoms with Crippen molar-refractivity contribution in [1.82, 2.24) is 0 Å². The van der Waals surface area contributed by atoms with Crippen molar-refractivity contribution < 1.29 is 21.6 Å². The van der Waals surface area contributed by atoms with Crippen molar-refractivity contribution in [3.63, 3.8) is 0 Å². The summed E-state index contributed by atoms with van der Waals surface area (Å²) in [5, 5.41) is 3.37. The quantitative estimate of drug-likeness (QED) is 0.154. The molecule has 0 bridgehead atoms. The molecule has 44 heavy (non-hydrogen) atoms. The van der Waals surface area contributed by atoms with Crippen molar-refractivity contribution >= 4 is 88.3 Å². The molecule has 1 amide bonds. The maximum absolute atomic E-state index is 14.4. The molecule has 0 atom stereocenters. The van der Waals surface area contributed by atoms with Gasteiger partial charge in [0.1, 0.15) is 0 Å². The van der Waals surface area contributed by atoms with E-state index in [4.69, 9.17) is 23.2 Å². The number of rotatable bonds is 8. The van der Waals surface area contributed by atoms with Gasteiger partial charge in [0, 0.05) is 10.0 Å². The third-order valence-electron chi connectivity index (χ3n) is 7.02. The molecule has 11 heteroatoms. The normalized spacial score (nSPS) is 11.9. The summed E-state index contributed by atoms with van der Waals surface area (Å²) in [6.45, 7) is 0. The summed E-state index contributed by atoms with van der Waals surface area (Å²) in [6, 6.07) is 33.4. The zero-order valence-corrected chi connectivity index (χ0v) is 25.9. The summed E-state index contributed by atoms with van der Waals surface area (Å²) >= 11 is 12.3. The van der Waals surface area contributed by atoms with Crippen molar-refractivity contribution in [1.29, 1.82) is 0 Å². The monoisotopic (exact) mass is 660 g/mol. The molecule has 0 saturated carbocycles. The highest BCUT2D eigenvalue weighted by molar-refractivity contribution is 8.10. The van der Waals surface area contributed by atoms with E-state index in [1.165, 1.54) is 71.6 Å². The Morgan fingerprint density at radius 1 is 0.477 bits per heavy atom. The molecule has 0 unspecified atom stereocenters. The van der Waals surface area contributed by atoms with Crippen LogP contribution < -0.4 is 8.61 Å². The lowest BCUT2D eigenvalue weighted by molar-refractivity contribution is -0.106. The minimum atomic E-state index is -4.74. The van der Waals surface area contributed by atoms with Crippen LogP contribution in [0.3, 0.4) is 0 Å². The lowest BCUT2D eigenvalue weighted by Crippen LogP contribution is -2.37. The molecule has 0 N–H and O–H groups in total. The Balaban J connectivity index is 1.56. The average Bonchev–Trinajstić information content (AvgIpc) is 3.00. The fraction of sp³-hybridized carbons (Fsp3) is 0. The van der Waals surface area contributed by atoms with E-state index in [1.807, 2.05) is 24.3 Å². The van der Waals surface area contributed by atoms with Crippen molar-refractivity contribution in [3.8, 4) is 0 Å². The largest absolute Gasteiger partial charge is 0.283 e. The highest BCUT2D eigenvalue weighted by Gasteiger charge is 2.37. The van der Waals surface area contributed by atoms with Crippen LogP contribution in [0.25, 0.3) is 21.5 Å². The Morgan fingerprint density at radius 3 is 1.45 bits per heavy atom. The number of anilines is 3. The van der Waals surface area contributed by atoms with E-state index in [9.17, 15) is 21.6 Å². The lowest BCUT2D eigenvalue weighted by Gasteiger charge is -2.26. The number of benzene rings is 6. The first-order valence-corrected chi connectivity index (χ1v) is 16.8. The predicted molar refractivity (Wildman–Crippen MR) is 176 cm³/mol. The Hall–Kier alpha value is -4.41. The number of carbonyl (C=O) groups excluding carboxylic acids is 1. The number of fused-ring (bicyclic) bond motifs is 2. The van der Waals surface area contributed by atoms with Gasteiger partial charge >= 0.3 is 0 Å². The van der Waals surface area contributed by atoms with Crippen molar-refractivity contribution in [2.24, 2.45) is 0 Å². The molecule has 0 radical (unpaired) electrons. The van der Waals surface area contributed by atoms with E-state index in [0.717, 1.165) is 10.8 Å². The van der Waals surface area contributed by atoms with Gasteiger partial charge in [0.05, 0.1) is 26.9 Å². The fourth-order valence-corrected chi connectivity index (χ4v) is 9.22. The Kier molecular flexibility index (Phi) is 7.81. The second kappa shape index (κ2) is 11.6. The number of hydrogen-bond donors (Lipinski definition) is 0. The van der Waals surface area contributed by atoms with E-state index >= 15 is 0 Å². The van der Waals surface area contributed by atoms with E-state index in [-0.39, 0.29) is 31.2 Å². The SMILES string of the molecule is O=CN(c1cc(Cl)cc(Cl)c1)c1cccc(N(S(=O)(=O)c2ccc3ccccc3c2)S(=O)(=O)c2ccc3ccccc3c2)c1. The number of halogens is 2. The number of sulfonamides is 2. The predicted octanol–water partition coefficient (Wildman–Crippen LogP) is 8.18. The van der Waals surface area contributed by atoms with Crippen molar-refractivity contribution in [2.75, 3.05) is 8.61 Å². The first kappa shape index (κ1) is 29.7. The molecule has 0 aliphatic carbocycles. The molecule has 0 heterocycles. The van der Waals surface area contributed by atoms with Crippen LogP contribution >= 0.6 is 23.2 Å². The molecule has 0 spiro atoms. The number of carbonyl (C=O) groups is 1. The van der Waals surface area contributed by atoms with E-state index in [1.54, 1.807) is 36.4 Å². The first-order chi connectivity index (χ1) is 21.1. The van der Waals surface area contributed by atoms with E-state index in [0.29, 0.717) is 26.6 Å². The minimum absolute atomic E-state index is 0.184. The zero-order chi connectivity index (χ0) is 31.1. The van der Waals surface area contributed by atoms with Gasteiger partial charge < -0.3 is 0 Å². The highest BCUT2D eigenvalue weighted by atomic mass is 35.5. The molecule has 220 valence electrons. The van der Waals surface area contributed by atoms with Gasteiger partial charge in [-0.15, -0.1) is 0 Å². The first-order valence-electron chi connectivity index (χ1n) is 13.2. The molecule has 6 aromatic carbocycles. The Morgan fingerprint density at radius 2 is 0.955 bits per heavy atom. The number of hydrogen-bond acceptors (Lipinski definition) is 5. The van der Waals surface area contributed by atoms with E-state index < -0.39 is 20.0 Å². The topological polar surface area (TPSA) is 91.8 Å². The lowest BCUT2D eigenvalue weighted by atomic mass is 10.1. The number of amides is 1. The maximum atomic E-state index is 14.4. The van der Waals surface area contributed by atoms with Crippen LogP contribution in [0.5, 0.6) is 0 Å². The summed E-state index contributed by atoms with van der Waals surface area (Å²) in [6.07, 6.45) is 0.501. The van der Waals surface area contributed by atoms with Gasteiger partial charge in [-0.1, -0.05) is 89.9 Å². The molecule has 7 nitrogen and oxygen atoms in total. The molecule has 0 aromatic heterocycles. The van der Waals surface area contributed by atoms with Gasteiger partial charge in [0.25, 0.3) is 20.0 Å². The second-order valence-electron chi connectivity index (χ2n) is 9.85. The maximum Gasteiger partial charge on any atom is 0.277 e. The molecule has 0 aliphatic rings. The summed E-state index contributed by atoms with van der Waals surface area (Å²) < 4.78 is 58.0.